The van der Waals surface area contributed by atoms with Crippen molar-refractivity contribution in [2.24, 2.45) is 0 Å². The van der Waals surface area contributed by atoms with Crippen molar-refractivity contribution < 1.29 is 9.84 Å². The van der Waals surface area contributed by atoms with Gasteiger partial charge in [-0.1, -0.05) is 6.08 Å². The molecule has 0 bridgehead atoms. The molecule has 0 radical (unpaired) electrons. The number of aliphatic hydroxyl groups is 1. The van der Waals surface area contributed by atoms with Crippen molar-refractivity contribution in [1.29, 1.82) is 0 Å². The van der Waals surface area contributed by atoms with Crippen molar-refractivity contribution in [1.82, 2.24) is 0 Å². The molecule has 0 saturated carbocycles. The number of allylic oxidation sites excluding steroid dienone is 3. The SMILES string of the molecule is COC1=C(O)CCC=C1. The first-order chi connectivity index (χ1) is 4.34. The molecule has 0 amide bonds. The predicted molar refractivity (Wildman–Crippen MR) is 35.0 cm³/mol. The lowest BCUT2D eigenvalue weighted by atomic mass is 10.1. The summed E-state index contributed by atoms with van der Waals surface area (Å²) in [7, 11) is 1.56. The lowest BCUT2D eigenvalue weighted by molar-refractivity contribution is 0.258. The van der Waals surface area contributed by atoms with Gasteiger partial charge in [-0.15, -0.1) is 0 Å². The van der Waals surface area contributed by atoms with E-state index in [1.165, 1.54) is 0 Å². The van der Waals surface area contributed by atoms with Gasteiger partial charge in [0.2, 0.25) is 0 Å². The fraction of sp³-hybridized carbons (Fsp3) is 0.429. The van der Waals surface area contributed by atoms with Crippen LogP contribution >= 0.6 is 0 Å². The molecule has 9 heavy (non-hydrogen) atoms. The molecule has 1 N–H and O–H groups in total. The maximum absolute atomic E-state index is 9.07. The molecule has 0 aromatic heterocycles. The van der Waals surface area contributed by atoms with Crippen LogP contribution in [0.25, 0.3) is 0 Å². The molecule has 0 spiro atoms. The Hall–Kier alpha value is -0.920. The zero-order valence-electron chi connectivity index (χ0n) is 5.42. The second kappa shape index (κ2) is 2.58. The summed E-state index contributed by atoms with van der Waals surface area (Å²) in [6.07, 6.45) is 5.40. The maximum Gasteiger partial charge on any atom is 0.155 e. The third-order valence-corrected chi connectivity index (χ3v) is 1.32. The Morgan fingerprint density at radius 1 is 1.67 bits per heavy atom. The lowest BCUT2D eigenvalue weighted by Gasteiger charge is -2.07. The Morgan fingerprint density at radius 2 is 2.44 bits per heavy atom. The molecule has 0 saturated heterocycles. The van der Waals surface area contributed by atoms with Crippen LogP contribution in [0.4, 0.5) is 0 Å². The molecule has 2 nitrogen and oxygen atoms in total. The van der Waals surface area contributed by atoms with Crippen LogP contribution in [0.3, 0.4) is 0 Å². The van der Waals surface area contributed by atoms with Gasteiger partial charge in [0.1, 0.15) is 5.76 Å². The predicted octanol–water partition coefficient (Wildman–Crippen LogP) is 1.75. The molecule has 0 unspecified atom stereocenters. The van der Waals surface area contributed by atoms with E-state index >= 15 is 0 Å². The van der Waals surface area contributed by atoms with Crippen LogP contribution in [-0.4, -0.2) is 12.2 Å². The van der Waals surface area contributed by atoms with Gasteiger partial charge in [0.15, 0.2) is 5.76 Å². The van der Waals surface area contributed by atoms with Gasteiger partial charge in [-0.05, 0) is 12.5 Å². The van der Waals surface area contributed by atoms with Gasteiger partial charge in [-0.2, -0.15) is 0 Å². The van der Waals surface area contributed by atoms with Crippen molar-refractivity contribution in [2.75, 3.05) is 7.11 Å². The number of hydrogen-bond donors (Lipinski definition) is 1. The van der Waals surface area contributed by atoms with E-state index in [4.69, 9.17) is 9.84 Å². The molecular formula is C7H10O2. The van der Waals surface area contributed by atoms with Gasteiger partial charge in [-0.3, -0.25) is 0 Å². The topological polar surface area (TPSA) is 29.5 Å². The second-order valence-corrected chi connectivity index (χ2v) is 1.96. The van der Waals surface area contributed by atoms with Crippen LogP contribution in [0.1, 0.15) is 12.8 Å². The first kappa shape index (κ1) is 6.20. The summed E-state index contributed by atoms with van der Waals surface area (Å²) in [5.41, 5.74) is 0. The summed E-state index contributed by atoms with van der Waals surface area (Å²) >= 11 is 0. The van der Waals surface area contributed by atoms with E-state index in [9.17, 15) is 0 Å². The zero-order valence-corrected chi connectivity index (χ0v) is 5.42. The number of ether oxygens (including phenoxy) is 1. The molecule has 1 aliphatic carbocycles. The molecular weight excluding hydrogens is 116 g/mol. The number of methoxy groups -OCH3 is 1. The van der Waals surface area contributed by atoms with Gasteiger partial charge in [0.25, 0.3) is 0 Å². The first-order valence-corrected chi connectivity index (χ1v) is 2.97. The zero-order chi connectivity index (χ0) is 6.69. The van der Waals surface area contributed by atoms with E-state index in [0.717, 1.165) is 6.42 Å². The third kappa shape index (κ3) is 1.25. The summed E-state index contributed by atoms with van der Waals surface area (Å²) in [5, 5.41) is 9.07. The molecule has 0 aromatic rings. The standard InChI is InChI=1S/C7H10O2/c1-9-7-5-3-2-4-6(7)8/h3,5,8H,2,4H2,1H3. The second-order valence-electron chi connectivity index (χ2n) is 1.96. The summed E-state index contributed by atoms with van der Waals surface area (Å²) in [6, 6.07) is 0. The van der Waals surface area contributed by atoms with Crippen LogP contribution in [0.5, 0.6) is 0 Å². The van der Waals surface area contributed by atoms with Crippen molar-refractivity contribution in [2.45, 2.75) is 12.8 Å². The summed E-state index contributed by atoms with van der Waals surface area (Å²) < 4.78 is 4.85. The smallest absolute Gasteiger partial charge is 0.155 e. The molecule has 0 fully saturated rings. The van der Waals surface area contributed by atoms with Crippen molar-refractivity contribution in [3.8, 4) is 0 Å². The summed E-state index contributed by atoms with van der Waals surface area (Å²) in [4.78, 5) is 0. The largest absolute Gasteiger partial charge is 0.508 e. The Morgan fingerprint density at radius 3 is 2.89 bits per heavy atom. The third-order valence-electron chi connectivity index (χ3n) is 1.32. The van der Waals surface area contributed by atoms with E-state index in [-0.39, 0.29) is 0 Å². The van der Waals surface area contributed by atoms with Crippen LogP contribution < -0.4 is 0 Å². The Kier molecular flexibility index (Phi) is 1.78. The highest BCUT2D eigenvalue weighted by Gasteiger charge is 2.04. The molecule has 0 atom stereocenters. The maximum atomic E-state index is 9.07. The molecule has 0 aliphatic heterocycles. The molecule has 0 aromatic carbocycles. The number of rotatable bonds is 1. The minimum Gasteiger partial charge on any atom is -0.508 e. The molecule has 0 heterocycles. The summed E-state index contributed by atoms with van der Waals surface area (Å²) in [6.45, 7) is 0. The Balaban J connectivity index is 2.72. The van der Waals surface area contributed by atoms with E-state index < -0.39 is 0 Å². The number of aliphatic hydroxyl groups excluding tert-OH is 1. The Labute approximate surface area is 54.5 Å². The van der Waals surface area contributed by atoms with Crippen LogP contribution in [0, 0.1) is 0 Å². The van der Waals surface area contributed by atoms with Gasteiger partial charge in [-0.25, -0.2) is 0 Å². The van der Waals surface area contributed by atoms with Crippen LogP contribution in [0.2, 0.25) is 0 Å². The first-order valence-electron chi connectivity index (χ1n) is 2.97. The van der Waals surface area contributed by atoms with E-state index in [0.29, 0.717) is 17.9 Å². The molecule has 1 rings (SSSR count). The van der Waals surface area contributed by atoms with E-state index in [1.54, 1.807) is 13.2 Å². The highest BCUT2D eigenvalue weighted by atomic mass is 16.5. The molecule has 1 aliphatic rings. The van der Waals surface area contributed by atoms with Crippen molar-refractivity contribution in [3.05, 3.63) is 23.7 Å². The molecule has 50 valence electrons. The monoisotopic (exact) mass is 126 g/mol. The van der Waals surface area contributed by atoms with Crippen molar-refractivity contribution in [3.63, 3.8) is 0 Å². The van der Waals surface area contributed by atoms with Crippen molar-refractivity contribution >= 4 is 0 Å². The van der Waals surface area contributed by atoms with Gasteiger partial charge in [0.05, 0.1) is 7.11 Å². The minimum absolute atomic E-state index is 0.361. The average Bonchev–Trinajstić information content (AvgIpc) is 1.89. The quantitative estimate of drug-likeness (QED) is 0.580. The summed E-state index contributed by atoms with van der Waals surface area (Å²) in [5.74, 6) is 0.959. The minimum atomic E-state index is 0.361. The van der Waals surface area contributed by atoms with Gasteiger partial charge < -0.3 is 9.84 Å². The fourth-order valence-electron chi connectivity index (χ4n) is 0.816. The van der Waals surface area contributed by atoms with Gasteiger partial charge >= 0.3 is 0 Å². The number of hydrogen-bond acceptors (Lipinski definition) is 2. The van der Waals surface area contributed by atoms with E-state index in [2.05, 4.69) is 0 Å². The van der Waals surface area contributed by atoms with Crippen LogP contribution in [-0.2, 0) is 4.74 Å². The highest BCUT2D eigenvalue weighted by Crippen LogP contribution is 2.15. The van der Waals surface area contributed by atoms with Crippen LogP contribution in [0.15, 0.2) is 23.7 Å². The Bertz CT molecular complexity index is 156. The highest BCUT2D eigenvalue weighted by molar-refractivity contribution is 5.19. The average molecular weight is 126 g/mol. The lowest BCUT2D eigenvalue weighted by Crippen LogP contribution is -1.95. The molecule has 2 heteroatoms. The normalized spacial score (nSPS) is 18.3. The van der Waals surface area contributed by atoms with E-state index in [1.807, 2.05) is 6.08 Å². The fourth-order valence-corrected chi connectivity index (χ4v) is 0.816. The van der Waals surface area contributed by atoms with Gasteiger partial charge in [0, 0.05) is 6.42 Å².